The van der Waals surface area contributed by atoms with Gasteiger partial charge >= 0.3 is 0 Å². The summed E-state index contributed by atoms with van der Waals surface area (Å²) in [5.41, 5.74) is 0.575. The van der Waals surface area contributed by atoms with Gasteiger partial charge in [0.1, 0.15) is 0 Å². The number of hydrogen-bond acceptors (Lipinski definition) is 4. The van der Waals surface area contributed by atoms with Crippen LogP contribution in [-0.2, 0) is 16.6 Å². The predicted molar refractivity (Wildman–Crippen MR) is 82.9 cm³/mol. The number of rotatable bonds is 8. The molecule has 1 rings (SSSR count). The molecule has 1 aromatic rings. The van der Waals surface area contributed by atoms with Crippen LogP contribution in [0.15, 0.2) is 27.6 Å². The van der Waals surface area contributed by atoms with Crippen LogP contribution in [0.5, 0.6) is 0 Å². The Bertz CT molecular complexity index is 506. The van der Waals surface area contributed by atoms with E-state index in [1.807, 2.05) is 6.26 Å². The van der Waals surface area contributed by atoms with Crippen molar-refractivity contribution in [1.29, 1.82) is 0 Å². The molecule has 0 aliphatic rings. The second-order valence-electron chi connectivity index (χ2n) is 4.02. The van der Waals surface area contributed by atoms with E-state index in [0.717, 1.165) is 18.6 Å². The van der Waals surface area contributed by atoms with Crippen molar-refractivity contribution in [1.82, 2.24) is 4.72 Å². The van der Waals surface area contributed by atoms with Gasteiger partial charge in [-0.3, -0.25) is 0 Å². The quantitative estimate of drug-likeness (QED) is 0.692. The van der Waals surface area contributed by atoms with Crippen LogP contribution in [0.2, 0.25) is 0 Å². The number of sulfonamides is 1. The standard InChI is InChI=1S/C12H18BrNO3S2/c1-18-7-3-2-6-14-19(16,17)12-8-10(9-15)4-5-11(12)13/h4-5,8,14-15H,2-3,6-7,9H2,1H3. The molecule has 0 atom stereocenters. The first-order chi connectivity index (χ1) is 9.01. The second-order valence-corrected chi connectivity index (χ2v) is 7.60. The Morgan fingerprint density at radius 2 is 2.11 bits per heavy atom. The van der Waals surface area contributed by atoms with Gasteiger partial charge in [0.15, 0.2) is 0 Å². The van der Waals surface area contributed by atoms with Crippen LogP contribution in [0.4, 0.5) is 0 Å². The fourth-order valence-electron chi connectivity index (χ4n) is 1.51. The SMILES string of the molecule is CSCCCCNS(=O)(=O)c1cc(CO)ccc1Br. The van der Waals surface area contributed by atoms with E-state index in [4.69, 9.17) is 5.11 Å². The number of hydrogen-bond donors (Lipinski definition) is 2. The maximum absolute atomic E-state index is 12.1. The van der Waals surface area contributed by atoms with Gasteiger partial charge in [0.2, 0.25) is 10.0 Å². The zero-order chi connectivity index (χ0) is 14.3. The Kier molecular flexibility index (Phi) is 7.38. The van der Waals surface area contributed by atoms with Gasteiger partial charge in [0.25, 0.3) is 0 Å². The van der Waals surface area contributed by atoms with E-state index in [9.17, 15) is 8.42 Å². The molecule has 0 unspecified atom stereocenters. The molecule has 0 radical (unpaired) electrons. The normalized spacial score (nSPS) is 11.7. The third kappa shape index (κ3) is 5.43. The first kappa shape index (κ1) is 17.0. The molecule has 0 heterocycles. The van der Waals surface area contributed by atoms with Gasteiger partial charge < -0.3 is 5.11 Å². The Labute approximate surface area is 127 Å². The van der Waals surface area contributed by atoms with Gasteiger partial charge in [-0.25, -0.2) is 13.1 Å². The molecule has 0 aliphatic heterocycles. The van der Waals surface area contributed by atoms with E-state index < -0.39 is 10.0 Å². The number of nitrogens with one attached hydrogen (secondary N) is 1. The summed E-state index contributed by atoms with van der Waals surface area (Å²) in [5.74, 6) is 1.03. The topological polar surface area (TPSA) is 66.4 Å². The van der Waals surface area contributed by atoms with Gasteiger partial charge in [-0.2, -0.15) is 11.8 Å². The van der Waals surface area contributed by atoms with Crippen LogP contribution in [-0.4, -0.2) is 32.1 Å². The number of benzene rings is 1. The molecule has 1 aromatic carbocycles. The van der Waals surface area contributed by atoms with Crippen LogP contribution < -0.4 is 4.72 Å². The van der Waals surface area contributed by atoms with E-state index >= 15 is 0 Å². The summed E-state index contributed by atoms with van der Waals surface area (Å²) < 4.78 is 27.3. The molecule has 0 aromatic heterocycles. The highest BCUT2D eigenvalue weighted by Gasteiger charge is 2.17. The smallest absolute Gasteiger partial charge is 0.241 e. The fraction of sp³-hybridized carbons (Fsp3) is 0.500. The number of unbranched alkanes of at least 4 members (excludes halogenated alkanes) is 1. The number of halogens is 1. The number of thioether (sulfide) groups is 1. The van der Waals surface area contributed by atoms with Crippen molar-refractivity contribution in [3.05, 3.63) is 28.2 Å². The summed E-state index contributed by atoms with van der Waals surface area (Å²) in [6, 6.07) is 4.80. The van der Waals surface area contributed by atoms with Gasteiger partial charge in [-0.05, 0) is 58.5 Å². The molecule has 19 heavy (non-hydrogen) atoms. The summed E-state index contributed by atoms with van der Waals surface area (Å²) in [6.07, 6.45) is 3.83. The van der Waals surface area contributed by atoms with Gasteiger partial charge in [-0.1, -0.05) is 6.07 Å². The highest BCUT2D eigenvalue weighted by Crippen LogP contribution is 2.23. The highest BCUT2D eigenvalue weighted by molar-refractivity contribution is 9.10. The molecule has 0 spiro atoms. The maximum Gasteiger partial charge on any atom is 0.241 e. The van der Waals surface area contributed by atoms with E-state index in [1.165, 1.54) is 6.07 Å². The monoisotopic (exact) mass is 367 g/mol. The molecule has 0 saturated carbocycles. The van der Waals surface area contributed by atoms with Crippen LogP contribution >= 0.6 is 27.7 Å². The average molecular weight is 368 g/mol. The van der Waals surface area contributed by atoms with Crippen molar-refractivity contribution >= 4 is 37.7 Å². The molecule has 0 bridgehead atoms. The van der Waals surface area contributed by atoms with Crippen molar-refractivity contribution in [2.45, 2.75) is 24.3 Å². The molecule has 2 N–H and O–H groups in total. The first-order valence-electron chi connectivity index (χ1n) is 5.89. The fourth-order valence-corrected chi connectivity index (χ4v) is 4.09. The Balaban J connectivity index is 2.71. The number of aliphatic hydroxyl groups excluding tert-OH is 1. The summed E-state index contributed by atoms with van der Waals surface area (Å²) in [4.78, 5) is 0.170. The van der Waals surface area contributed by atoms with Crippen LogP contribution in [0.1, 0.15) is 18.4 Å². The van der Waals surface area contributed by atoms with Gasteiger partial charge in [0.05, 0.1) is 11.5 Å². The molecular weight excluding hydrogens is 350 g/mol. The minimum atomic E-state index is -3.53. The van der Waals surface area contributed by atoms with Crippen LogP contribution in [0.25, 0.3) is 0 Å². The Morgan fingerprint density at radius 1 is 1.37 bits per heavy atom. The van der Waals surface area contributed by atoms with Crippen molar-refractivity contribution in [3.63, 3.8) is 0 Å². The second kappa shape index (κ2) is 8.26. The molecule has 4 nitrogen and oxygen atoms in total. The molecule has 7 heteroatoms. The molecule has 0 fully saturated rings. The summed E-state index contributed by atoms with van der Waals surface area (Å²) >= 11 is 4.98. The van der Waals surface area contributed by atoms with Crippen molar-refractivity contribution in [2.24, 2.45) is 0 Å². The molecule has 108 valence electrons. The van der Waals surface area contributed by atoms with Gasteiger partial charge in [0, 0.05) is 11.0 Å². The zero-order valence-corrected chi connectivity index (χ0v) is 13.9. The van der Waals surface area contributed by atoms with Crippen molar-refractivity contribution in [3.8, 4) is 0 Å². The predicted octanol–water partition coefficient (Wildman–Crippen LogP) is 2.36. The lowest BCUT2D eigenvalue weighted by Crippen LogP contribution is -2.25. The largest absolute Gasteiger partial charge is 0.392 e. The van der Waals surface area contributed by atoms with E-state index in [1.54, 1.807) is 23.9 Å². The minimum absolute atomic E-state index is 0.170. The average Bonchev–Trinajstić information content (AvgIpc) is 2.39. The van der Waals surface area contributed by atoms with E-state index in [0.29, 0.717) is 16.6 Å². The first-order valence-corrected chi connectivity index (χ1v) is 9.56. The van der Waals surface area contributed by atoms with E-state index in [2.05, 4.69) is 20.7 Å². The Morgan fingerprint density at radius 3 is 2.74 bits per heavy atom. The van der Waals surface area contributed by atoms with Gasteiger partial charge in [-0.15, -0.1) is 0 Å². The molecule has 0 amide bonds. The minimum Gasteiger partial charge on any atom is -0.392 e. The molecular formula is C12H18BrNO3S2. The van der Waals surface area contributed by atoms with Crippen molar-refractivity contribution < 1.29 is 13.5 Å². The van der Waals surface area contributed by atoms with Crippen LogP contribution in [0, 0.1) is 0 Å². The third-order valence-electron chi connectivity index (χ3n) is 2.54. The van der Waals surface area contributed by atoms with Crippen LogP contribution in [0.3, 0.4) is 0 Å². The lowest BCUT2D eigenvalue weighted by atomic mass is 10.2. The third-order valence-corrected chi connectivity index (χ3v) is 5.69. The summed E-state index contributed by atoms with van der Waals surface area (Å²) in [7, 11) is -3.53. The maximum atomic E-state index is 12.1. The van der Waals surface area contributed by atoms with Crippen molar-refractivity contribution in [2.75, 3.05) is 18.6 Å². The lowest BCUT2D eigenvalue weighted by molar-refractivity contribution is 0.281. The molecule has 0 aliphatic carbocycles. The zero-order valence-electron chi connectivity index (χ0n) is 10.7. The highest BCUT2D eigenvalue weighted by atomic mass is 79.9. The summed E-state index contributed by atoms with van der Waals surface area (Å²) in [5, 5.41) is 9.06. The Hall–Kier alpha value is -0.0800. The van der Waals surface area contributed by atoms with E-state index in [-0.39, 0.29) is 11.5 Å². The number of aliphatic hydroxyl groups is 1. The lowest BCUT2D eigenvalue weighted by Gasteiger charge is -2.09. The molecule has 0 saturated heterocycles. The summed E-state index contributed by atoms with van der Waals surface area (Å²) in [6.45, 7) is 0.252.